The molecule has 1 aliphatic heterocycles. The molecular formula is C19H24N4O2S. The number of nitrogens with one attached hydrogen (secondary N) is 1. The maximum atomic E-state index is 12.6. The number of hydrogen-bond donors (Lipinski definition) is 1. The molecule has 0 aliphatic carbocycles. The topological polar surface area (TPSA) is 65.5 Å². The van der Waals surface area contributed by atoms with Crippen LogP contribution in [0.4, 0.5) is 4.79 Å². The molecule has 1 aliphatic rings. The van der Waals surface area contributed by atoms with E-state index in [2.05, 4.69) is 10.3 Å². The molecule has 0 spiro atoms. The van der Waals surface area contributed by atoms with E-state index in [0.717, 1.165) is 29.0 Å². The van der Waals surface area contributed by atoms with Crippen molar-refractivity contribution in [1.29, 1.82) is 0 Å². The van der Waals surface area contributed by atoms with Crippen LogP contribution in [0.25, 0.3) is 0 Å². The Labute approximate surface area is 157 Å². The van der Waals surface area contributed by atoms with Gasteiger partial charge in [-0.2, -0.15) is 0 Å². The summed E-state index contributed by atoms with van der Waals surface area (Å²) >= 11 is 1.54. The van der Waals surface area contributed by atoms with Crippen LogP contribution >= 0.6 is 11.3 Å². The van der Waals surface area contributed by atoms with E-state index in [9.17, 15) is 9.59 Å². The first-order chi connectivity index (χ1) is 12.5. The number of nitrogens with zero attached hydrogens (tertiary/aromatic N) is 3. The fourth-order valence-electron chi connectivity index (χ4n) is 3.00. The lowest BCUT2D eigenvalue weighted by molar-refractivity contribution is 0.0706. The summed E-state index contributed by atoms with van der Waals surface area (Å²) in [7, 11) is 1.77. The molecule has 1 N–H and O–H groups in total. The molecule has 1 aromatic heterocycles. The summed E-state index contributed by atoms with van der Waals surface area (Å²) in [5.41, 5.74) is 1.87. The number of hydrogen-bond acceptors (Lipinski definition) is 4. The van der Waals surface area contributed by atoms with Crippen LogP contribution in [0.2, 0.25) is 0 Å². The van der Waals surface area contributed by atoms with Crippen molar-refractivity contribution in [3.8, 4) is 0 Å². The van der Waals surface area contributed by atoms with Gasteiger partial charge in [0.25, 0.3) is 5.91 Å². The van der Waals surface area contributed by atoms with Gasteiger partial charge in [0.15, 0.2) is 0 Å². The number of aromatic nitrogens is 1. The molecule has 0 atom stereocenters. The molecule has 3 amide bonds. The average molecular weight is 372 g/mol. The van der Waals surface area contributed by atoms with Crippen LogP contribution in [0.5, 0.6) is 0 Å². The van der Waals surface area contributed by atoms with Crippen molar-refractivity contribution < 1.29 is 9.59 Å². The van der Waals surface area contributed by atoms with E-state index in [4.69, 9.17) is 0 Å². The molecule has 0 unspecified atom stereocenters. The number of aryl methyl sites for hydroxylation is 1. The van der Waals surface area contributed by atoms with Gasteiger partial charge in [-0.05, 0) is 31.9 Å². The number of likely N-dealkylation sites (tertiary alicyclic amines) is 1. The predicted octanol–water partition coefficient (Wildman–Crippen LogP) is 2.90. The van der Waals surface area contributed by atoms with Crippen molar-refractivity contribution in [3.63, 3.8) is 0 Å². The maximum Gasteiger partial charge on any atom is 0.317 e. The average Bonchev–Trinajstić information content (AvgIpc) is 3.15. The number of rotatable bonds is 4. The van der Waals surface area contributed by atoms with Gasteiger partial charge in [-0.3, -0.25) is 4.79 Å². The molecule has 138 valence electrons. The molecule has 0 radical (unpaired) electrons. The summed E-state index contributed by atoms with van der Waals surface area (Å²) in [4.78, 5) is 32.6. The molecule has 1 saturated heterocycles. The van der Waals surface area contributed by atoms with Crippen molar-refractivity contribution in [3.05, 3.63) is 52.0 Å². The SMILES string of the molecule is Cc1ccc(C(=O)N2CCC(NC(=O)N(C)Cc3nccs3)CC2)cc1. The van der Waals surface area contributed by atoms with Crippen molar-refractivity contribution in [2.75, 3.05) is 20.1 Å². The standard InChI is InChI=1S/C19H24N4O2S/c1-14-3-5-15(6-4-14)18(24)23-10-7-16(8-11-23)21-19(25)22(2)13-17-20-9-12-26-17/h3-6,9,12,16H,7-8,10-11,13H2,1-2H3,(H,21,25). The summed E-state index contributed by atoms with van der Waals surface area (Å²) in [6, 6.07) is 7.67. The summed E-state index contributed by atoms with van der Waals surface area (Å²) in [6.45, 7) is 3.84. The lowest BCUT2D eigenvalue weighted by Crippen LogP contribution is -2.49. The first kappa shape index (κ1) is 18.4. The van der Waals surface area contributed by atoms with E-state index in [1.807, 2.05) is 41.5 Å². The van der Waals surface area contributed by atoms with Gasteiger partial charge >= 0.3 is 6.03 Å². The molecule has 7 heteroatoms. The van der Waals surface area contributed by atoms with Crippen LogP contribution in [0, 0.1) is 6.92 Å². The Morgan fingerprint density at radius 1 is 1.27 bits per heavy atom. The third-order valence-electron chi connectivity index (χ3n) is 4.61. The second kappa shape index (κ2) is 8.31. The van der Waals surface area contributed by atoms with Gasteiger partial charge in [0.1, 0.15) is 5.01 Å². The van der Waals surface area contributed by atoms with Crippen LogP contribution in [-0.4, -0.2) is 52.9 Å². The first-order valence-electron chi connectivity index (χ1n) is 8.79. The van der Waals surface area contributed by atoms with Crippen molar-refractivity contribution >= 4 is 23.3 Å². The minimum atomic E-state index is -0.0940. The molecule has 0 saturated carbocycles. The van der Waals surface area contributed by atoms with E-state index >= 15 is 0 Å². The normalized spacial score (nSPS) is 14.9. The van der Waals surface area contributed by atoms with Crippen molar-refractivity contribution in [2.24, 2.45) is 0 Å². The molecule has 2 aromatic rings. The molecule has 2 heterocycles. The molecule has 1 fully saturated rings. The summed E-state index contributed by atoms with van der Waals surface area (Å²) in [5, 5.41) is 5.89. The van der Waals surface area contributed by atoms with E-state index in [-0.39, 0.29) is 18.0 Å². The van der Waals surface area contributed by atoms with E-state index in [1.54, 1.807) is 29.5 Å². The van der Waals surface area contributed by atoms with Crippen LogP contribution in [0.15, 0.2) is 35.8 Å². The van der Waals surface area contributed by atoms with Crippen molar-refractivity contribution in [2.45, 2.75) is 32.4 Å². The minimum Gasteiger partial charge on any atom is -0.338 e. The summed E-state index contributed by atoms with van der Waals surface area (Å²) in [5.74, 6) is 0.0654. The Morgan fingerprint density at radius 2 is 1.96 bits per heavy atom. The van der Waals surface area contributed by atoms with Gasteiger partial charge in [0, 0.05) is 43.3 Å². The van der Waals surface area contributed by atoms with Crippen LogP contribution in [0.3, 0.4) is 0 Å². The van der Waals surface area contributed by atoms with Gasteiger partial charge in [-0.15, -0.1) is 11.3 Å². The molecular weight excluding hydrogens is 348 g/mol. The number of amides is 3. The van der Waals surface area contributed by atoms with Gasteiger partial charge in [-0.25, -0.2) is 9.78 Å². The highest BCUT2D eigenvalue weighted by Crippen LogP contribution is 2.15. The maximum absolute atomic E-state index is 12.6. The van der Waals surface area contributed by atoms with Gasteiger partial charge in [0.05, 0.1) is 6.54 Å². The fourth-order valence-corrected chi connectivity index (χ4v) is 3.66. The molecule has 26 heavy (non-hydrogen) atoms. The minimum absolute atomic E-state index is 0.0654. The Kier molecular flexibility index (Phi) is 5.88. The van der Waals surface area contributed by atoms with E-state index in [0.29, 0.717) is 19.6 Å². The second-order valence-corrected chi connectivity index (χ2v) is 7.64. The van der Waals surface area contributed by atoms with Gasteiger partial charge in [0.2, 0.25) is 0 Å². The summed E-state index contributed by atoms with van der Waals surface area (Å²) < 4.78 is 0. The first-order valence-corrected chi connectivity index (χ1v) is 9.67. The van der Waals surface area contributed by atoms with Crippen LogP contribution < -0.4 is 5.32 Å². The number of carbonyl (C=O) groups is 2. The van der Waals surface area contributed by atoms with Gasteiger partial charge in [-0.1, -0.05) is 17.7 Å². The van der Waals surface area contributed by atoms with Gasteiger partial charge < -0.3 is 15.1 Å². The van der Waals surface area contributed by atoms with E-state index < -0.39 is 0 Å². The Morgan fingerprint density at radius 3 is 2.58 bits per heavy atom. The highest BCUT2D eigenvalue weighted by Gasteiger charge is 2.25. The van der Waals surface area contributed by atoms with Crippen LogP contribution in [-0.2, 0) is 6.54 Å². The van der Waals surface area contributed by atoms with E-state index in [1.165, 1.54) is 0 Å². The molecule has 1 aromatic carbocycles. The third kappa shape index (κ3) is 4.60. The quantitative estimate of drug-likeness (QED) is 0.897. The molecule has 3 rings (SSSR count). The lowest BCUT2D eigenvalue weighted by Gasteiger charge is -2.33. The Balaban J connectivity index is 1.46. The van der Waals surface area contributed by atoms with Crippen LogP contribution in [0.1, 0.15) is 33.8 Å². The second-order valence-electron chi connectivity index (χ2n) is 6.66. The zero-order valence-corrected chi connectivity index (χ0v) is 16.0. The zero-order valence-electron chi connectivity index (χ0n) is 15.1. The highest BCUT2D eigenvalue weighted by molar-refractivity contribution is 7.09. The number of carbonyl (C=O) groups excluding carboxylic acids is 2. The number of benzene rings is 1. The monoisotopic (exact) mass is 372 g/mol. The summed E-state index contributed by atoms with van der Waals surface area (Å²) in [6.07, 6.45) is 3.29. The Bertz CT molecular complexity index is 737. The third-order valence-corrected chi connectivity index (χ3v) is 5.38. The zero-order chi connectivity index (χ0) is 18.5. The largest absolute Gasteiger partial charge is 0.338 e. The molecule has 0 bridgehead atoms. The lowest BCUT2D eigenvalue weighted by atomic mass is 10.0. The number of thiazole rings is 1. The van der Waals surface area contributed by atoms with Crippen molar-refractivity contribution in [1.82, 2.24) is 20.1 Å². The fraction of sp³-hybridized carbons (Fsp3) is 0.421. The predicted molar refractivity (Wildman–Crippen MR) is 102 cm³/mol. The highest BCUT2D eigenvalue weighted by atomic mass is 32.1. The Hall–Kier alpha value is -2.41. The number of urea groups is 1. The number of piperidine rings is 1. The molecule has 6 nitrogen and oxygen atoms in total. The smallest absolute Gasteiger partial charge is 0.317 e.